The van der Waals surface area contributed by atoms with Gasteiger partial charge in [0.15, 0.2) is 6.10 Å². The number of hydrogen-bond acceptors (Lipinski definition) is 4. The molecule has 0 aliphatic heterocycles. The Morgan fingerprint density at radius 2 is 1.56 bits per heavy atom. The summed E-state index contributed by atoms with van der Waals surface area (Å²) >= 11 is 3.33. The Kier molecular flexibility index (Phi) is 6.58. The number of carbonyl (C=O) groups excluding carboxylic acids is 2. The molecule has 0 heterocycles. The molecular formula is C19H20BrNO4. The van der Waals surface area contributed by atoms with Gasteiger partial charge in [0.2, 0.25) is 0 Å². The summed E-state index contributed by atoms with van der Waals surface area (Å²) in [6.45, 7) is 5.38. The van der Waals surface area contributed by atoms with Crippen LogP contribution in [0.15, 0.2) is 53.0 Å². The van der Waals surface area contributed by atoms with Gasteiger partial charge in [0.1, 0.15) is 5.75 Å². The monoisotopic (exact) mass is 405 g/mol. The lowest BCUT2D eigenvalue weighted by Gasteiger charge is -2.14. The van der Waals surface area contributed by atoms with Crippen LogP contribution in [0.1, 0.15) is 31.1 Å². The first-order valence-corrected chi connectivity index (χ1v) is 8.68. The van der Waals surface area contributed by atoms with Gasteiger partial charge < -0.3 is 14.8 Å². The second-order valence-electron chi connectivity index (χ2n) is 5.73. The summed E-state index contributed by atoms with van der Waals surface area (Å²) in [5, 5.41) is 2.70. The van der Waals surface area contributed by atoms with E-state index in [9.17, 15) is 9.59 Å². The van der Waals surface area contributed by atoms with Gasteiger partial charge in [-0.25, -0.2) is 4.79 Å². The maximum atomic E-state index is 12.1. The van der Waals surface area contributed by atoms with E-state index in [-0.39, 0.29) is 6.10 Å². The Hall–Kier alpha value is -2.34. The number of benzene rings is 2. The Bertz CT molecular complexity index is 726. The number of hydrogen-bond donors (Lipinski definition) is 1. The largest absolute Gasteiger partial charge is 0.491 e. The van der Waals surface area contributed by atoms with Crippen LogP contribution in [0, 0.1) is 0 Å². The minimum atomic E-state index is -0.914. The summed E-state index contributed by atoms with van der Waals surface area (Å²) in [6.07, 6.45) is -0.858. The standard InChI is InChI=1S/C19H20BrNO4/c1-12(2)24-17-10-4-14(5-11-17)19(23)25-13(3)18(22)21-16-8-6-15(20)7-9-16/h4-13H,1-3H3,(H,21,22)/t13-/m1/s1. The summed E-state index contributed by atoms with van der Waals surface area (Å²) in [6, 6.07) is 13.7. The number of esters is 1. The zero-order valence-corrected chi connectivity index (χ0v) is 15.9. The summed E-state index contributed by atoms with van der Waals surface area (Å²) < 4.78 is 11.6. The zero-order chi connectivity index (χ0) is 18.4. The molecule has 5 nitrogen and oxygen atoms in total. The van der Waals surface area contributed by atoms with E-state index in [2.05, 4.69) is 21.2 Å². The molecule has 0 aliphatic carbocycles. The van der Waals surface area contributed by atoms with E-state index in [1.165, 1.54) is 6.92 Å². The molecule has 0 bridgehead atoms. The first kappa shape index (κ1) is 19.0. The van der Waals surface area contributed by atoms with Crippen LogP contribution >= 0.6 is 15.9 Å². The first-order chi connectivity index (χ1) is 11.8. The summed E-state index contributed by atoms with van der Waals surface area (Å²) in [5.74, 6) is -0.280. The van der Waals surface area contributed by atoms with Crippen molar-refractivity contribution in [2.24, 2.45) is 0 Å². The van der Waals surface area contributed by atoms with Crippen LogP contribution in [0.5, 0.6) is 5.75 Å². The molecule has 0 spiro atoms. The molecule has 2 rings (SSSR count). The van der Waals surface area contributed by atoms with Gasteiger partial charge >= 0.3 is 5.97 Å². The number of halogens is 1. The van der Waals surface area contributed by atoms with E-state index in [4.69, 9.17) is 9.47 Å². The minimum absolute atomic E-state index is 0.0557. The van der Waals surface area contributed by atoms with Gasteiger partial charge in [-0.2, -0.15) is 0 Å². The molecule has 1 N–H and O–H groups in total. The second kappa shape index (κ2) is 8.67. The van der Waals surface area contributed by atoms with Gasteiger partial charge in [-0.1, -0.05) is 15.9 Å². The number of amides is 1. The molecule has 0 fully saturated rings. The van der Waals surface area contributed by atoms with Crippen LogP contribution in [0.25, 0.3) is 0 Å². The highest BCUT2D eigenvalue weighted by Gasteiger charge is 2.19. The molecule has 0 aliphatic rings. The number of carbonyl (C=O) groups is 2. The van der Waals surface area contributed by atoms with Crippen molar-refractivity contribution in [3.05, 3.63) is 58.6 Å². The third-order valence-corrected chi connectivity index (χ3v) is 3.76. The van der Waals surface area contributed by atoms with E-state index in [1.54, 1.807) is 36.4 Å². The molecule has 0 radical (unpaired) electrons. The fraction of sp³-hybridized carbons (Fsp3) is 0.263. The number of anilines is 1. The Morgan fingerprint density at radius 1 is 0.960 bits per heavy atom. The third-order valence-electron chi connectivity index (χ3n) is 3.23. The van der Waals surface area contributed by atoms with Crippen LogP contribution < -0.4 is 10.1 Å². The summed E-state index contributed by atoms with van der Waals surface area (Å²) in [5.41, 5.74) is 0.991. The van der Waals surface area contributed by atoms with Crippen LogP contribution in [0.3, 0.4) is 0 Å². The van der Waals surface area contributed by atoms with Crippen molar-refractivity contribution in [3.63, 3.8) is 0 Å². The van der Waals surface area contributed by atoms with Gasteiger partial charge in [0.05, 0.1) is 11.7 Å². The van der Waals surface area contributed by atoms with E-state index in [0.29, 0.717) is 17.0 Å². The van der Waals surface area contributed by atoms with Crippen molar-refractivity contribution in [2.75, 3.05) is 5.32 Å². The van der Waals surface area contributed by atoms with Crippen molar-refractivity contribution in [3.8, 4) is 5.75 Å². The van der Waals surface area contributed by atoms with E-state index < -0.39 is 18.0 Å². The summed E-state index contributed by atoms with van der Waals surface area (Å²) in [4.78, 5) is 24.3. The average Bonchev–Trinajstić information content (AvgIpc) is 2.57. The predicted molar refractivity (Wildman–Crippen MR) is 99.9 cm³/mol. The molecular weight excluding hydrogens is 386 g/mol. The van der Waals surface area contributed by atoms with Crippen LogP contribution in [0.4, 0.5) is 5.69 Å². The molecule has 1 atom stereocenters. The molecule has 25 heavy (non-hydrogen) atoms. The number of nitrogens with one attached hydrogen (secondary N) is 1. The van der Waals surface area contributed by atoms with Crippen molar-refractivity contribution < 1.29 is 19.1 Å². The zero-order valence-electron chi connectivity index (χ0n) is 14.3. The lowest BCUT2D eigenvalue weighted by molar-refractivity contribution is -0.123. The van der Waals surface area contributed by atoms with Crippen molar-refractivity contribution >= 4 is 33.5 Å². The molecule has 1 amide bonds. The molecule has 6 heteroatoms. The minimum Gasteiger partial charge on any atom is -0.491 e. The smallest absolute Gasteiger partial charge is 0.338 e. The van der Waals surface area contributed by atoms with Gasteiger partial charge in [-0.15, -0.1) is 0 Å². The fourth-order valence-electron chi connectivity index (χ4n) is 2.00. The highest BCUT2D eigenvalue weighted by Crippen LogP contribution is 2.16. The highest BCUT2D eigenvalue weighted by atomic mass is 79.9. The lowest BCUT2D eigenvalue weighted by atomic mass is 10.2. The molecule has 2 aromatic carbocycles. The average molecular weight is 406 g/mol. The molecule has 0 unspecified atom stereocenters. The maximum absolute atomic E-state index is 12.1. The Balaban J connectivity index is 1.92. The molecule has 0 saturated heterocycles. The fourth-order valence-corrected chi connectivity index (χ4v) is 2.27. The van der Waals surface area contributed by atoms with Crippen LogP contribution in [-0.4, -0.2) is 24.1 Å². The molecule has 0 saturated carbocycles. The van der Waals surface area contributed by atoms with E-state index in [1.807, 2.05) is 26.0 Å². The highest BCUT2D eigenvalue weighted by molar-refractivity contribution is 9.10. The third kappa shape index (κ3) is 5.90. The Morgan fingerprint density at radius 3 is 2.12 bits per heavy atom. The molecule has 0 aromatic heterocycles. The van der Waals surface area contributed by atoms with Crippen LogP contribution in [-0.2, 0) is 9.53 Å². The van der Waals surface area contributed by atoms with Gasteiger partial charge in [-0.05, 0) is 69.3 Å². The number of ether oxygens (including phenoxy) is 2. The Labute approximate surface area is 155 Å². The molecule has 132 valence electrons. The second-order valence-corrected chi connectivity index (χ2v) is 6.65. The summed E-state index contributed by atoms with van der Waals surface area (Å²) in [7, 11) is 0. The van der Waals surface area contributed by atoms with Gasteiger partial charge in [0.25, 0.3) is 5.91 Å². The maximum Gasteiger partial charge on any atom is 0.338 e. The van der Waals surface area contributed by atoms with E-state index >= 15 is 0 Å². The van der Waals surface area contributed by atoms with Gasteiger partial charge in [0, 0.05) is 10.2 Å². The van der Waals surface area contributed by atoms with Crippen molar-refractivity contribution in [1.29, 1.82) is 0 Å². The predicted octanol–water partition coefficient (Wildman–Crippen LogP) is 4.42. The van der Waals surface area contributed by atoms with Crippen molar-refractivity contribution in [2.45, 2.75) is 33.0 Å². The van der Waals surface area contributed by atoms with Crippen molar-refractivity contribution in [1.82, 2.24) is 0 Å². The number of rotatable bonds is 6. The van der Waals surface area contributed by atoms with Crippen LogP contribution in [0.2, 0.25) is 0 Å². The normalized spacial score (nSPS) is 11.7. The van der Waals surface area contributed by atoms with Gasteiger partial charge in [-0.3, -0.25) is 4.79 Å². The van der Waals surface area contributed by atoms with E-state index in [0.717, 1.165) is 4.47 Å². The first-order valence-electron chi connectivity index (χ1n) is 7.89. The lowest BCUT2D eigenvalue weighted by Crippen LogP contribution is -2.30. The topological polar surface area (TPSA) is 64.6 Å². The quantitative estimate of drug-likeness (QED) is 0.722. The molecule has 2 aromatic rings. The SMILES string of the molecule is CC(C)Oc1ccc(C(=O)O[C@H](C)C(=O)Nc2ccc(Br)cc2)cc1.